The summed E-state index contributed by atoms with van der Waals surface area (Å²) < 4.78 is 10.2. The maximum atomic E-state index is 12.4. The average Bonchev–Trinajstić information content (AvgIpc) is 3.30. The molecule has 4 rings (SSSR count). The lowest BCUT2D eigenvalue weighted by atomic mass is 9.85. The first-order valence-electron chi connectivity index (χ1n) is 9.17. The van der Waals surface area contributed by atoms with E-state index in [2.05, 4.69) is 10.1 Å². The molecule has 8 heteroatoms. The van der Waals surface area contributed by atoms with Gasteiger partial charge in [0.1, 0.15) is 0 Å². The number of benzene rings is 1. The maximum absolute atomic E-state index is 12.4. The van der Waals surface area contributed by atoms with Gasteiger partial charge in [-0.3, -0.25) is 19.3 Å². The molecule has 1 aliphatic heterocycles. The van der Waals surface area contributed by atoms with E-state index in [4.69, 9.17) is 9.26 Å². The van der Waals surface area contributed by atoms with Gasteiger partial charge in [-0.1, -0.05) is 47.6 Å². The summed E-state index contributed by atoms with van der Waals surface area (Å²) in [5.41, 5.74) is 0.797. The van der Waals surface area contributed by atoms with Crippen molar-refractivity contribution in [3.05, 3.63) is 48.4 Å². The summed E-state index contributed by atoms with van der Waals surface area (Å²) in [6.07, 6.45) is 4.95. The lowest BCUT2D eigenvalue weighted by molar-refractivity contribution is -0.147. The van der Waals surface area contributed by atoms with Crippen LogP contribution >= 0.6 is 0 Å². The van der Waals surface area contributed by atoms with Crippen molar-refractivity contribution in [3.63, 3.8) is 0 Å². The predicted molar refractivity (Wildman–Crippen MR) is 96.2 cm³/mol. The van der Waals surface area contributed by atoms with Crippen molar-refractivity contribution >= 4 is 17.8 Å². The fourth-order valence-corrected chi connectivity index (χ4v) is 3.52. The molecule has 1 aromatic heterocycles. The number of hydrogen-bond donors (Lipinski definition) is 0. The number of aromatic nitrogens is 2. The van der Waals surface area contributed by atoms with Gasteiger partial charge >= 0.3 is 5.97 Å². The molecule has 2 heterocycles. The molecule has 1 fully saturated rings. The minimum atomic E-state index is -0.534. The van der Waals surface area contributed by atoms with Gasteiger partial charge in [0.2, 0.25) is 17.6 Å². The summed E-state index contributed by atoms with van der Waals surface area (Å²) in [7, 11) is 0. The average molecular weight is 381 g/mol. The number of carbonyl (C=O) groups is 3. The number of rotatable bonds is 6. The monoisotopic (exact) mass is 381 g/mol. The third-order valence-corrected chi connectivity index (χ3v) is 5.00. The van der Waals surface area contributed by atoms with Crippen LogP contribution in [0.3, 0.4) is 0 Å². The summed E-state index contributed by atoms with van der Waals surface area (Å²) in [5.74, 6) is -0.915. The van der Waals surface area contributed by atoms with Crippen LogP contribution in [-0.2, 0) is 25.7 Å². The Morgan fingerprint density at radius 3 is 2.46 bits per heavy atom. The van der Waals surface area contributed by atoms with Crippen LogP contribution in [0.2, 0.25) is 0 Å². The second-order valence-corrected chi connectivity index (χ2v) is 6.77. The lowest BCUT2D eigenvalue weighted by Crippen LogP contribution is -2.33. The highest BCUT2D eigenvalue weighted by molar-refractivity contribution is 6.05. The van der Waals surface area contributed by atoms with Gasteiger partial charge in [-0.05, 0) is 12.8 Å². The first-order valence-corrected chi connectivity index (χ1v) is 9.17. The van der Waals surface area contributed by atoms with E-state index in [-0.39, 0.29) is 49.1 Å². The van der Waals surface area contributed by atoms with Gasteiger partial charge in [0.05, 0.1) is 18.3 Å². The second-order valence-electron chi connectivity index (χ2n) is 6.77. The number of nitrogens with zero attached hydrogens (tertiary/aromatic N) is 3. The standard InChI is InChI=1S/C20H19N3O5/c24-17(10-11-23-19(25)14-8-4-5-9-15(14)20(23)26)27-12-16-21-18(22-28-16)13-6-2-1-3-7-13/h1-7,14-15H,8-12H2/t14-,15+. The van der Waals surface area contributed by atoms with Gasteiger partial charge in [-0.25, -0.2) is 0 Å². The maximum Gasteiger partial charge on any atom is 0.308 e. The van der Waals surface area contributed by atoms with Crippen LogP contribution in [0.4, 0.5) is 0 Å². The number of amides is 2. The smallest absolute Gasteiger partial charge is 0.308 e. The Labute approximate surface area is 161 Å². The normalized spacial score (nSPS) is 21.1. The SMILES string of the molecule is O=C(CCN1C(=O)[C@H]2CC=CC[C@H]2C1=O)OCc1nc(-c2ccccc2)no1. The molecule has 1 saturated heterocycles. The van der Waals surface area contributed by atoms with E-state index in [9.17, 15) is 14.4 Å². The van der Waals surface area contributed by atoms with E-state index in [1.54, 1.807) is 0 Å². The third kappa shape index (κ3) is 3.58. The molecule has 2 atom stereocenters. The van der Waals surface area contributed by atoms with Crippen molar-refractivity contribution in [1.82, 2.24) is 15.0 Å². The van der Waals surface area contributed by atoms with Crippen LogP contribution in [0, 0.1) is 11.8 Å². The van der Waals surface area contributed by atoms with Crippen molar-refractivity contribution in [1.29, 1.82) is 0 Å². The van der Waals surface area contributed by atoms with Crippen molar-refractivity contribution in [2.45, 2.75) is 25.9 Å². The highest BCUT2D eigenvalue weighted by Crippen LogP contribution is 2.35. The fraction of sp³-hybridized carbons (Fsp3) is 0.350. The van der Waals surface area contributed by atoms with Crippen LogP contribution in [0.25, 0.3) is 11.4 Å². The van der Waals surface area contributed by atoms with E-state index in [1.807, 2.05) is 42.5 Å². The van der Waals surface area contributed by atoms with Crippen LogP contribution < -0.4 is 0 Å². The molecule has 8 nitrogen and oxygen atoms in total. The van der Waals surface area contributed by atoms with Gasteiger partial charge in [0, 0.05) is 12.1 Å². The first kappa shape index (κ1) is 18.1. The molecule has 0 unspecified atom stereocenters. The highest BCUT2D eigenvalue weighted by atomic mass is 16.6. The van der Waals surface area contributed by atoms with Crippen molar-refractivity contribution in [3.8, 4) is 11.4 Å². The number of likely N-dealkylation sites (tertiary alicyclic amines) is 1. The van der Waals surface area contributed by atoms with E-state index in [0.717, 1.165) is 5.56 Å². The zero-order valence-corrected chi connectivity index (χ0v) is 15.1. The molecule has 2 aliphatic rings. The van der Waals surface area contributed by atoms with Crippen LogP contribution in [0.1, 0.15) is 25.2 Å². The van der Waals surface area contributed by atoms with Crippen molar-refractivity contribution < 1.29 is 23.6 Å². The van der Waals surface area contributed by atoms with Crippen LogP contribution in [-0.4, -0.2) is 39.4 Å². The van der Waals surface area contributed by atoms with Gasteiger partial charge < -0.3 is 9.26 Å². The Kier molecular flexibility index (Phi) is 5.01. The third-order valence-electron chi connectivity index (χ3n) is 5.00. The number of hydrogen-bond acceptors (Lipinski definition) is 7. The van der Waals surface area contributed by atoms with E-state index < -0.39 is 5.97 Å². The fourth-order valence-electron chi connectivity index (χ4n) is 3.52. The summed E-state index contributed by atoms with van der Waals surface area (Å²) in [6.45, 7) is -0.127. The van der Waals surface area contributed by atoms with Crippen LogP contribution in [0.15, 0.2) is 47.0 Å². The summed E-state index contributed by atoms with van der Waals surface area (Å²) in [5, 5.41) is 3.85. The summed E-state index contributed by atoms with van der Waals surface area (Å²) >= 11 is 0. The Bertz CT molecular complexity index is 895. The molecular weight excluding hydrogens is 362 g/mol. The molecule has 0 N–H and O–H groups in total. The summed E-state index contributed by atoms with van der Waals surface area (Å²) in [4.78, 5) is 42.1. The molecular formula is C20H19N3O5. The Hall–Kier alpha value is -3.29. The zero-order chi connectivity index (χ0) is 19.5. The Morgan fingerprint density at radius 1 is 1.11 bits per heavy atom. The molecule has 1 aliphatic carbocycles. The number of esters is 1. The van der Waals surface area contributed by atoms with E-state index >= 15 is 0 Å². The van der Waals surface area contributed by atoms with E-state index in [0.29, 0.717) is 18.7 Å². The molecule has 2 amide bonds. The van der Waals surface area contributed by atoms with Gasteiger partial charge in [0.15, 0.2) is 6.61 Å². The van der Waals surface area contributed by atoms with Crippen molar-refractivity contribution in [2.24, 2.45) is 11.8 Å². The number of carbonyl (C=O) groups excluding carboxylic acids is 3. The number of imide groups is 1. The highest BCUT2D eigenvalue weighted by Gasteiger charge is 2.46. The van der Waals surface area contributed by atoms with Gasteiger partial charge in [-0.2, -0.15) is 4.98 Å². The topological polar surface area (TPSA) is 103 Å². The molecule has 2 aromatic rings. The van der Waals surface area contributed by atoms with Crippen molar-refractivity contribution in [2.75, 3.05) is 6.54 Å². The first-order chi connectivity index (χ1) is 13.6. The Morgan fingerprint density at radius 2 is 1.79 bits per heavy atom. The molecule has 0 saturated carbocycles. The molecule has 1 aromatic carbocycles. The summed E-state index contributed by atoms with van der Waals surface area (Å²) in [6, 6.07) is 9.29. The minimum Gasteiger partial charge on any atom is -0.456 e. The number of fused-ring (bicyclic) bond motifs is 1. The minimum absolute atomic E-state index is 0.0304. The zero-order valence-electron chi connectivity index (χ0n) is 15.1. The molecule has 0 bridgehead atoms. The predicted octanol–water partition coefficient (Wildman–Crippen LogP) is 2.12. The lowest BCUT2D eigenvalue weighted by Gasteiger charge is -2.14. The molecule has 0 spiro atoms. The molecule has 144 valence electrons. The molecule has 28 heavy (non-hydrogen) atoms. The largest absolute Gasteiger partial charge is 0.456 e. The quantitative estimate of drug-likeness (QED) is 0.429. The Balaban J connectivity index is 1.27. The number of ether oxygens (including phenoxy) is 1. The van der Waals surface area contributed by atoms with Gasteiger partial charge in [-0.15, -0.1) is 0 Å². The van der Waals surface area contributed by atoms with Gasteiger partial charge in [0.25, 0.3) is 5.89 Å². The molecule has 0 radical (unpaired) electrons. The van der Waals surface area contributed by atoms with E-state index in [1.165, 1.54) is 4.90 Å². The second kappa shape index (κ2) is 7.75. The number of allylic oxidation sites excluding steroid dienone is 2. The van der Waals surface area contributed by atoms with Crippen LogP contribution in [0.5, 0.6) is 0 Å².